The Morgan fingerprint density at radius 3 is 3.00 bits per heavy atom. The number of hydrogen-bond acceptors (Lipinski definition) is 5. The quantitative estimate of drug-likeness (QED) is 0.850. The molecule has 0 saturated heterocycles. The molecule has 0 aromatic carbocycles. The van der Waals surface area contributed by atoms with Crippen LogP contribution in [0.2, 0.25) is 0 Å². The molecule has 1 aliphatic rings. The first-order valence-corrected chi connectivity index (χ1v) is 8.05. The van der Waals surface area contributed by atoms with E-state index in [2.05, 4.69) is 39.6 Å². The van der Waals surface area contributed by atoms with Gasteiger partial charge in [-0.05, 0) is 30.8 Å². The van der Waals surface area contributed by atoms with E-state index < -0.39 is 0 Å². The van der Waals surface area contributed by atoms with E-state index in [4.69, 9.17) is 4.98 Å². The fourth-order valence-corrected chi connectivity index (χ4v) is 2.93. The summed E-state index contributed by atoms with van der Waals surface area (Å²) in [5.74, 6) is 1.01. The molecule has 106 valence electrons. The minimum Gasteiger partial charge on any atom is -0.347 e. The molecule has 2 aromatic heterocycles. The highest BCUT2D eigenvalue weighted by atomic mass is 32.1. The number of aromatic nitrogens is 2. The van der Waals surface area contributed by atoms with Gasteiger partial charge in [-0.2, -0.15) is 0 Å². The van der Waals surface area contributed by atoms with Crippen LogP contribution in [-0.2, 0) is 13.1 Å². The van der Waals surface area contributed by atoms with Gasteiger partial charge in [0, 0.05) is 23.7 Å². The molecule has 1 aliphatic carbocycles. The van der Waals surface area contributed by atoms with Crippen LogP contribution < -0.4 is 10.2 Å². The first kappa shape index (κ1) is 13.5. The largest absolute Gasteiger partial charge is 0.347 e. The summed E-state index contributed by atoms with van der Waals surface area (Å²) >= 11 is 1.81. The monoisotopic (exact) mass is 288 g/mol. The van der Waals surface area contributed by atoms with Crippen molar-refractivity contribution in [3.8, 4) is 0 Å². The number of hydrogen-bond donors (Lipinski definition) is 1. The van der Waals surface area contributed by atoms with Gasteiger partial charge < -0.3 is 10.2 Å². The molecule has 0 bridgehead atoms. The topological polar surface area (TPSA) is 41.1 Å². The van der Waals surface area contributed by atoms with Crippen molar-refractivity contribution in [2.24, 2.45) is 0 Å². The molecule has 1 N–H and O–H groups in total. The first-order valence-electron chi connectivity index (χ1n) is 7.17. The third kappa shape index (κ3) is 3.35. The molecule has 5 heteroatoms. The zero-order valence-corrected chi connectivity index (χ0v) is 12.6. The molecule has 0 aliphatic heterocycles. The van der Waals surface area contributed by atoms with E-state index >= 15 is 0 Å². The summed E-state index contributed by atoms with van der Waals surface area (Å²) in [6.07, 6.45) is 6.28. The molecule has 2 heterocycles. The number of anilines is 1. The second-order valence-corrected chi connectivity index (χ2v) is 6.12. The standard InChI is InChI=1S/C15H20N4S/c1-2-16-8-12-9-17-10-15(18-12)19(13-5-6-13)11-14-4-3-7-20-14/h3-4,7,9-10,13,16H,2,5-6,8,11H2,1H3. The van der Waals surface area contributed by atoms with Crippen LogP contribution in [0.25, 0.3) is 0 Å². The van der Waals surface area contributed by atoms with Crippen LogP contribution >= 0.6 is 11.3 Å². The van der Waals surface area contributed by atoms with Gasteiger partial charge in [0.2, 0.25) is 0 Å². The van der Waals surface area contributed by atoms with Crippen molar-refractivity contribution in [3.05, 3.63) is 40.5 Å². The highest BCUT2D eigenvalue weighted by Crippen LogP contribution is 2.32. The van der Waals surface area contributed by atoms with Gasteiger partial charge >= 0.3 is 0 Å². The molecule has 4 nitrogen and oxygen atoms in total. The van der Waals surface area contributed by atoms with Crippen LogP contribution in [0.4, 0.5) is 5.82 Å². The fraction of sp³-hybridized carbons (Fsp3) is 0.467. The SMILES string of the molecule is CCNCc1cncc(N(Cc2cccs2)C2CC2)n1. The van der Waals surface area contributed by atoms with Gasteiger partial charge in [-0.25, -0.2) is 4.98 Å². The van der Waals surface area contributed by atoms with E-state index in [1.165, 1.54) is 17.7 Å². The van der Waals surface area contributed by atoms with Crippen LogP contribution in [-0.4, -0.2) is 22.6 Å². The van der Waals surface area contributed by atoms with Gasteiger partial charge in [0.05, 0.1) is 18.4 Å². The third-order valence-corrected chi connectivity index (χ3v) is 4.28. The maximum atomic E-state index is 4.76. The minimum atomic E-state index is 0.640. The van der Waals surface area contributed by atoms with Gasteiger partial charge in [0.1, 0.15) is 5.82 Å². The van der Waals surface area contributed by atoms with Crippen molar-refractivity contribution < 1.29 is 0 Å². The zero-order chi connectivity index (χ0) is 13.8. The lowest BCUT2D eigenvalue weighted by Gasteiger charge is -2.23. The Hall–Kier alpha value is -1.46. The van der Waals surface area contributed by atoms with Crippen molar-refractivity contribution >= 4 is 17.2 Å². The van der Waals surface area contributed by atoms with Crippen molar-refractivity contribution in [3.63, 3.8) is 0 Å². The summed E-state index contributed by atoms with van der Waals surface area (Å²) in [4.78, 5) is 12.9. The average molecular weight is 288 g/mol. The average Bonchev–Trinajstić information content (AvgIpc) is 3.19. The number of nitrogens with one attached hydrogen (secondary N) is 1. The Kier molecular flexibility index (Phi) is 4.28. The van der Waals surface area contributed by atoms with E-state index in [-0.39, 0.29) is 0 Å². The molecule has 1 fully saturated rings. The second kappa shape index (κ2) is 6.33. The van der Waals surface area contributed by atoms with Crippen LogP contribution in [0.1, 0.15) is 30.3 Å². The fourth-order valence-electron chi connectivity index (χ4n) is 2.23. The van der Waals surface area contributed by atoms with Crippen LogP contribution in [0.5, 0.6) is 0 Å². The summed E-state index contributed by atoms with van der Waals surface area (Å²) in [5.41, 5.74) is 1.01. The summed E-state index contributed by atoms with van der Waals surface area (Å²) in [6.45, 7) is 4.79. The van der Waals surface area contributed by atoms with Gasteiger partial charge in [0.25, 0.3) is 0 Å². The lowest BCUT2D eigenvalue weighted by Crippen LogP contribution is -2.26. The van der Waals surface area contributed by atoms with E-state index in [1.54, 1.807) is 11.3 Å². The molecular weight excluding hydrogens is 268 g/mol. The first-order chi connectivity index (χ1) is 9.86. The highest BCUT2D eigenvalue weighted by Gasteiger charge is 2.30. The number of nitrogens with zero attached hydrogens (tertiary/aromatic N) is 3. The van der Waals surface area contributed by atoms with Crippen LogP contribution in [0.15, 0.2) is 29.9 Å². The molecular formula is C15H20N4S. The molecule has 20 heavy (non-hydrogen) atoms. The third-order valence-electron chi connectivity index (χ3n) is 3.42. The van der Waals surface area contributed by atoms with Crippen molar-refractivity contribution in [1.29, 1.82) is 0 Å². The van der Waals surface area contributed by atoms with E-state index in [1.807, 2.05) is 12.4 Å². The smallest absolute Gasteiger partial charge is 0.148 e. The molecule has 0 spiro atoms. The summed E-state index contributed by atoms with van der Waals surface area (Å²) in [7, 11) is 0. The second-order valence-electron chi connectivity index (χ2n) is 5.09. The maximum Gasteiger partial charge on any atom is 0.148 e. The minimum absolute atomic E-state index is 0.640. The molecule has 0 atom stereocenters. The van der Waals surface area contributed by atoms with Crippen molar-refractivity contribution in [1.82, 2.24) is 15.3 Å². The molecule has 3 rings (SSSR count). The predicted molar refractivity (Wildman–Crippen MR) is 82.9 cm³/mol. The number of thiophene rings is 1. The van der Waals surface area contributed by atoms with Crippen LogP contribution in [0, 0.1) is 0 Å². The van der Waals surface area contributed by atoms with Crippen molar-refractivity contribution in [2.75, 3.05) is 11.4 Å². The zero-order valence-electron chi connectivity index (χ0n) is 11.7. The van der Waals surface area contributed by atoms with Crippen molar-refractivity contribution in [2.45, 2.75) is 38.9 Å². The van der Waals surface area contributed by atoms with E-state index in [0.717, 1.165) is 31.1 Å². The Balaban J connectivity index is 1.76. The van der Waals surface area contributed by atoms with Gasteiger partial charge in [0.15, 0.2) is 0 Å². The summed E-state index contributed by atoms with van der Waals surface area (Å²) in [5, 5.41) is 5.43. The van der Waals surface area contributed by atoms with Gasteiger partial charge in [-0.3, -0.25) is 4.98 Å². The molecule has 0 amide bonds. The summed E-state index contributed by atoms with van der Waals surface area (Å²) < 4.78 is 0. The Labute approximate surface area is 123 Å². The lowest BCUT2D eigenvalue weighted by molar-refractivity contribution is 0.699. The summed E-state index contributed by atoms with van der Waals surface area (Å²) in [6, 6.07) is 4.94. The Morgan fingerprint density at radius 1 is 1.40 bits per heavy atom. The predicted octanol–water partition coefficient (Wildman–Crippen LogP) is 2.82. The normalized spacial score (nSPS) is 14.4. The molecule has 0 unspecified atom stereocenters. The molecule has 0 radical (unpaired) electrons. The van der Waals surface area contributed by atoms with E-state index in [0.29, 0.717) is 6.04 Å². The van der Waals surface area contributed by atoms with Crippen LogP contribution in [0.3, 0.4) is 0 Å². The molecule has 1 saturated carbocycles. The highest BCUT2D eigenvalue weighted by molar-refractivity contribution is 7.09. The Morgan fingerprint density at radius 2 is 2.30 bits per heavy atom. The molecule has 2 aromatic rings. The van der Waals surface area contributed by atoms with E-state index in [9.17, 15) is 0 Å². The van der Waals surface area contributed by atoms with Gasteiger partial charge in [-0.15, -0.1) is 11.3 Å². The Bertz CT molecular complexity index is 537. The maximum absolute atomic E-state index is 4.76. The lowest BCUT2D eigenvalue weighted by atomic mass is 10.3. The van der Waals surface area contributed by atoms with Gasteiger partial charge in [-0.1, -0.05) is 13.0 Å². The number of rotatable bonds is 7.